The molecule has 0 aromatic heterocycles. The Balaban J connectivity index is 2.24. The summed E-state index contributed by atoms with van der Waals surface area (Å²) in [5, 5.41) is 25.3. The van der Waals surface area contributed by atoms with Crippen LogP contribution < -0.4 is 16.4 Å². The topological polar surface area (TPSA) is 108 Å². The number of hydrogen-bond donors (Lipinski definition) is 5. The van der Waals surface area contributed by atoms with Gasteiger partial charge in [0, 0.05) is 29.1 Å². The van der Waals surface area contributed by atoms with Crippen molar-refractivity contribution in [3.05, 3.63) is 34.9 Å². The zero-order valence-electron chi connectivity index (χ0n) is 15.4. The molecular weight excluding hydrogens is 354 g/mol. The monoisotopic (exact) mass is 383 g/mol. The second kappa shape index (κ2) is 9.15. The van der Waals surface area contributed by atoms with Crippen molar-refractivity contribution in [3.8, 4) is 0 Å². The van der Waals surface area contributed by atoms with E-state index in [2.05, 4.69) is 24.5 Å². The normalized spacial score (nSPS) is 25.8. The van der Waals surface area contributed by atoms with Crippen LogP contribution in [0.15, 0.2) is 24.3 Å². The van der Waals surface area contributed by atoms with Gasteiger partial charge in [-0.15, -0.1) is 0 Å². The van der Waals surface area contributed by atoms with E-state index in [1.54, 1.807) is 6.07 Å². The molecule has 0 saturated carbocycles. The van der Waals surface area contributed by atoms with Gasteiger partial charge >= 0.3 is 0 Å². The van der Waals surface area contributed by atoms with Gasteiger partial charge in [-0.2, -0.15) is 0 Å². The molecule has 146 valence electrons. The molecular formula is C19H30ClN3O3. The third kappa shape index (κ3) is 4.38. The van der Waals surface area contributed by atoms with Crippen LogP contribution >= 0.6 is 11.6 Å². The van der Waals surface area contributed by atoms with E-state index in [1.807, 2.05) is 18.2 Å². The lowest BCUT2D eigenvalue weighted by Crippen LogP contribution is -2.53. The summed E-state index contributed by atoms with van der Waals surface area (Å²) in [7, 11) is 0. The molecule has 1 amide bonds. The van der Waals surface area contributed by atoms with E-state index in [4.69, 9.17) is 22.4 Å². The number of rotatable bonds is 8. The SMILES string of the molecule is CCC1(CC)N[C@@H](C(=O)NCC[C@H](O)CO)[C@H](c2cccc(Cl)c2)C1N. The second-order valence-electron chi connectivity index (χ2n) is 7.01. The van der Waals surface area contributed by atoms with Crippen LogP contribution in [-0.2, 0) is 4.79 Å². The molecule has 2 rings (SSSR count). The molecule has 4 atom stereocenters. The maximum absolute atomic E-state index is 12.8. The highest BCUT2D eigenvalue weighted by atomic mass is 35.5. The third-order valence-corrected chi connectivity index (χ3v) is 5.83. The van der Waals surface area contributed by atoms with Crippen LogP contribution in [0.5, 0.6) is 0 Å². The van der Waals surface area contributed by atoms with E-state index in [1.165, 1.54) is 0 Å². The third-order valence-electron chi connectivity index (χ3n) is 5.59. The van der Waals surface area contributed by atoms with Gasteiger partial charge in [-0.3, -0.25) is 10.1 Å². The first-order valence-corrected chi connectivity index (χ1v) is 9.61. The fourth-order valence-corrected chi connectivity index (χ4v) is 4.08. The Morgan fingerprint density at radius 1 is 1.42 bits per heavy atom. The molecule has 1 aromatic rings. The minimum Gasteiger partial charge on any atom is -0.394 e. The van der Waals surface area contributed by atoms with Gasteiger partial charge in [0.1, 0.15) is 0 Å². The van der Waals surface area contributed by atoms with Gasteiger partial charge in [0.05, 0.1) is 18.8 Å². The molecule has 0 bridgehead atoms. The van der Waals surface area contributed by atoms with Crippen LogP contribution in [0.2, 0.25) is 5.02 Å². The van der Waals surface area contributed by atoms with Crippen molar-refractivity contribution in [2.45, 2.75) is 62.8 Å². The van der Waals surface area contributed by atoms with E-state index < -0.39 is 12.1 Å². The number of aliphatic hydroxyl groups is 2. The summed E-state index contributed by atoms with van der Waals surface area (Å²) in [5.74, 6) is -0.351. The molecule has 7 heteroatoms. The number of nitrogens with one attached hydrogen (secondary N) is 2. The molecule has 0 spiro atoms. The van der Waals surface area contributed by atoms with Crippen LogP contribution in [0, 0.1) is 0 Å². The fraction of sp³-hybridized carbons (Fsp3) is 0.632. The number of aliphatic hydroxyl groups excluding tert-OH is 2. The molecule has 1 aliphatic rings. The van der Waals surface area contributed by atoms with Crippen molar-refractivity contribution in [3.63, 3.8) is 0 Å². The summed E-state index contributed by atoms with van der Waals surface area (Å²) < 4.78 is 0. The molecule has 6 N–H and O–H groups in total. The summed E-state index contributed by atoms with van der Waals surface area (Å²) >= 11 is 6.16. The predicted molar refractivity (Wildman–Crippen MR) is 103 cm³/mol. The van der Waals surface area contributed by atoms with Crippen LogP contribution in [-0.4, -0.2) is 53.0 Å². The summed E-state index contributed by atoms with van der Waals surface area (Å²) in [5.41, 5.74) is 7.25. The van der Waals surface area contributed by atoms with E-state index in [0.29, 0.717) is 18.0 Å². The highest BCUT2D eigenvalue weighted by molar-refractivity contribution is 6.30. The summed E-state index contributed by atoms with van der Waals surface area (Å²) in [6, 6.07) is 6.79. The predicted octanol–water partition coefficient (Wildman–Crippen LogP) is 1.14. The minimum atomic E-state index is -0.830. The molecule has 1 unspecified atom stereocenters. The summed E-state index contributed by atoms with van der Waals surface area (Å²) in [6.45, 7) is 4.12. The standard InChI is InChI=1S/C19H30ClN3O3/c1-3-19(4-2)17(21)15(12-6-5-7-13(20)10-12)16(23-19)18(26)22-9-8-14(25)11-24/h5-7,10,14-17,23-25H,3-4,8-9,11,21H2,1-2H3,(H,22,26)/t14-,15-,16+,17?/m0/s1. The van der Waals surface area contributed by atoms with Gasteiger partial charge in [0.2, 0.25) is 5.91 Å². The minimum absolute atomic E-state index is 0.153. The van der Waals surface area contributed by atoms with Crippen LogP contribution in [0.25, 0.3) is 0 Å². The first-order chi connectivity index (χ1) is 12.4. The van der Waals surface area contributed by atoms with E-state index in [-0.39, 0.29) is 30.0 Å². The number of amides is 1. The Labute approximate surface area is 160 Å². The first kappa shape index (κ1) is 21.1. The Morgan fingerprint density at radius 3 is 2.69 bits per heavy atom. The Kier molecular flexibility index (Phi) is 7.43. The second-order valence-corrected chi connectivity index (χ2v) is 7.44. The number of nitrogens with two attached hydrogens (primary N) is 1. The van der Waals surface area contributed by atoms with Crippen LogP contribution in [0.3, 0.4) is 0 Å². The van der Waals surface area contributed by atoms with Gasteiger partial charge in [-0.05, 0) is 37.0 Å². The van der Waals surface area contributed by atoms with Crippen molar-refractivity contribution in [2.75, 3.05) is 13.2 Å². The van der Waals surface area contributed by atoms with Crippen LogP contribution in [0.4, 0.5) is 0 Å². The highest BCUT2D eigenvalue weighted by Crippen LogP contribution is 2.40. The van der Waals surface area contributed by atoms with E-state index in [9.17, 15) is 9.90 Å². The summed E-state index contributed by atoms with van der Waals surface area (Å²) in [4.78, 5) is 12.8. The van der Waals surface area contributed by atoms with Crippen molar-refractivity contribution in [1.82, 2.24) is 10.6 Å². The lowest BCUT2D eigenvalue weighted by Gasteiger charge is -2.33. The molecule has 1 saturated heterocycles. The fourth-order valence-electron chi connectivity index (χ4n) is 3.88. The van der Waals surface area contributed by atoms with E-state index in [0.717, 1.165) is 18.4 Å². The van der Waals surface area contributed by atoms with Crippen molar-refractivity contribution in [1.29, 1.82) is 0 Å². The summed E-state index contributed by atoms with van der Waals surface area (Å²) in [6.07, 6.45) is 1.10. The Hall–Kier alpha value is -1.18. The van der Waals surface area contributed by atoms with Crippen LogP contribution in [0.1, 0.15) is 44.6 Å². The molecule has 6 nitrogen and oxygen atoms in total. The first-order valence-electron chi connectivity index (χ1n) is 9.23. The largest absolute Gasteiger partial charge is 0.394 e. The van der Waals surface area contributed by atoms with Crippen molar-refractivity contribution in [2.24, 2.45) is 5.73 Å². The molecule has 1 aliphatic heterocycles. The molecule has 0 radical (unpaired) electrons. The number of hydrogen-bond acceptors (Lipinski definition) is 5. The Bertz CT molecular complexity index is 609. The number of carbonyl (C=O) groups is 1. The van der Waals surface area contributed by atoms with Gasteiger partial charge in [-0.25, -0.2) is 0 Å². The van der Waals surface area contributed by atoms with Gasteiger partial charge in [0.15, 0.2) is 0 Å². The molecule has 1 heterocycles. The lowest BCUT2D eigenvalue weighted by molar-refractivity contribution is -0.123. The lowest BCUT2D eigenvalue weighted by atomic mass is 9.79. The number of carbonyl (C=O) groups excluding carboxylic acids is 1. The highest BCUT2D eigenvalue weighted by Gasteiger charge is 2.52. The van der Waals surface area contributed by atoms with Gasteiger partial charge in [0.25, 0.3) is 0 Å². The average Bonchev–Trinajstić information content (AvgIpc) is 2.94. The van der Waals surface area contributed by atoms with Crippen molar-refractivity contribution >= 4 is 17.5 Å². The average molecular weight is 384 g/mol. The maximum atomic E-state index is 12.8. The van der Waals surface area contributed by atoms with Crippen molar-refractivity contribution < 1.29 is 15.0 Å². The van der Waals surface area contributed by atoms with Gasteiger partial charge < -0.3 is 21.3 Å². The quantitative estimate of drug-likeness (QED) is 0.462. The zero-order valence-corrected chi connectivity index (χ0v) is 16.2. The number of halogens is 1. The number of benzene rings is 1. The smallest absolute Gasteiger partial charge is 0.237 e. The van der Waals surface area contributed by atoms with Gasteiger partial charge in [-0.1, -0.05) is 37.6 Å². The Morgan fingerprint density at radius 2 is 2.12 bits per heavy atom. The molecule has 0 aliphatic carbocycles. The maximum Gasteiger partial charge on any atom is 0.237 e. The van der Waals surface area contributed by atoms with E-state index >= 15 is 0 Å². The molecule has 26 heavy (non-hydrogen) atoms. The molecule has 1 aromatic carbocycles. The zero-order chi connectivity index (χ0) is 19.3. The molecule has 1 fully saturated rings.